The van der Waals surface area contributed by atoms with Crippen LogP contribution in [0.2, 0.25) is 0 Å². The lowest BCUT2D eigenvalue weighted by atomic mass is 10.5. The molecule has 0 bridgehead atoms. The predicted molar refractivity (Wildman–Crippen MR) is 36.5 cm³/mol. The molecule has 0 saturated carbocycles. The van der Waals surface area contributed by atoms with Gasteiger partial charge in [-0.3, -0.25) is 9.89 Å². The van der Waals surface area contributed by atoms with E-state index in [1.807, 2.05) is 13.4 Å². The second kappa shape index (κ2) is 4.62. The number of nitrogens with one attached hydrogen (secondary N) is 1. The highest BCUT2D eigenvalue weighted by atomic mass is 15.0. The smallest absolute Gasteiger partial charge is 0.231 e. The van der Waals surface area contributed by atoms with Crippen molar-refractivity contribution in [1.29, 1.82) is 0 Å². The molecule has 0 rings (SSSR count). The lowest BCUT2D eigenvalue weighted by Crippen LogP contribution is -2.16. The summed E-state index contributed by atoms with van der Waals surface area (Å²) in [5.74, 6) is 0. The molecule has 1 N–H and O–H groups in total. The molecule has 0 spiro atoms. The lowest BCUT2D eigenvalue weighted by Gasteiger charge is -1.93. The Hall–Kier alpha value is -0.530. The van der Waals surface area contributed by atoms with Crippen LogP contribution >= 0.6 is 0 Å². The Balaban J connectivity index is 3.29. The van der Waals surface area contributed by atoms with Gasteiger partial charge in [0.25, 0.3) is 0 Å². The summed E-state index contributed by atoms with van der Waals surface area (Å²) in [6, 6.07) is 0. The van der Waals surface area contributed by atoms with E-state index in [2.05, 4.69) is 23.9 Å². The van der Waals surface area contributed by atoms with Crippen molar-refractivity contribution >= 4 is 6.34 Å². The van der Waals surface area contributed by atoms with Crippen LogP contribution in [0.15, 0.2) is 0 Å². The maximum absolute atomic E-state index is 2.95. The van der Waals surface area contributed by atoms with Crippen LogP contribution in [0.25, 0.3) is 0 Å². The minimum absolute atomic E-state index is 1.13. The highest BCUT2D eigenvalue weighted by molar-refractivity contribution is 5.46. The SMILES string of the molecule is CCC[N+](C)=CNC. The molecule has 0 heterocycles. The van der Waals surface area contributed by atoms with Crippen LogP contribution in [0.4, 0.5) is 0 Å². The minimum atomic E-state index is 1.13. The summed E-state index contributed by atoms with van der Waals surface area (Å²) in [7, 11) is 3.96. The van der Waals surface area contributed by atoms with Gasteiger partial charge in [-0.25, -0.2) is 0 Å². The van der Waals surface area contributed by atoms with Crippen molar-refractivity contribution in [2.24, 2.45) is 0 Å². The van der Waals surface area contributed by atoms with Gasteiger partial charge in [0.2, 0.25) is 6.34 Å². The molecule has 2 heteroatoms. The highest BCUT2D eigenvalue weighted by Crippen LogP contribution is 1.72. The molecule has 0 unspecified atom stereocenters. The second-order valence-corrected chi connectivity index (χ2v) is 1.90. The molecule has 0 saturated heterocycles. The van der Waals surface area contributed by atoms with E-state index < -0.39 is 0 Å². The summed E-state index contributed by atoms with van der Waals surface area (Å²) in [5.41, 5.74) is 0. The maximum Gasteiger partial charge on any atom is 0.231 e. The maximum atomic E-state index is 2.95. The van der Waals surface area contributed by atoms with Gasteiger partial charge in [0.1, 0.15) is 0 Å². The summed E-state index contributed by atoms with van der Waals surface area (Å²) in [6.07, 6.45) is 3.16. The summed E-state index contributed by atoms with van der Waals surface area (Å²) in [5, 5.41) is 2.95. The first-order chi connectivity index (χ1) is 3.81. The Kier molecular flexibility index (Phi) is 4.32. The lowest BCUT2D eigenvalue weighted by molar-refractivity contribution is -0.494. The Morgan fingerprint density at radius 2 is 2.25 bits per heavy atom. The van der Waals surface area contributed by atoms with Crippen molar-refractivity contribution in [2.45, 2.75) is 13.3 Å². The van der Waals surface area contributed by atoms with Gasteiger partial charge >= 0.3 is 0 Å². The quantitative estimate of drug-likeness (QED) is 0.317. The molecule has 0 fully saturated rings. The van der Waals surface area contributed by atoms with E-state index in [-0.39, 0.29) is 0 Å². The zero-order valence-electron chi connectivity index (χ0n) is 5.94. The van der Waals surface area contributed by atoms with Crippen molar-refractivity contribution in [1.82, 2.24) is 5.32 Å². The van der Waals surface area contributed by atoms with Crippen LogP contribution in [-0.2, 0) is 0 Å². The van der Waals surface area contributed by atoms with Crippen LogP contribution in [0.5, 0.6) is 0 Å². The average molecular weight is 115 g/mol. The number of hydrogen-bond donors (Lipinski definition) is 1. The van der Waals surface area contributed by atoms with Crippen LogP contribution in [0.1, 0.15) is 13.3 Å². The van der Waals surface area contributed by atoms with E-state index >= 15 is 0 Å². The van der Waals surface area contributed by atoms with Crippen LogP contribution in [0.3, 0.4) is 0 Å². The third-order valence-electron chi connectivity index (χ3n) is 0.926. The van der Waals surface area contributed by atoms with Gasteiger partial charge in [-0.15, -0.1) is 0 Å². The summed E-state index contributed by atoms with van der Waals surface area (Å²) in [4.78, 5) is 0. The van der Waals surface area contributed by atoms with E-state index in [0.29, 0.717) is 0 Å². The molecule has 8 heavy (non-hydrogen) atoms. The standard InChI is InChI=1S/C6H14N2/c1-4-5-8(3)6-7-2/h6H,4-5H2,1-3H3/p+1. The van der Waals surface area contributed by atoms with Gasteiger partial charge < -0.3 is 0 Å². The fourth-order valence-corrected chi connectivity index (χ4v) is 0.638. The molecule has 0 aliphatic rings. The topological polar surface area (TPSA) is 15.0 Å². The van der Waals surface area contributed by atoms with Crippen molar-refractivity contribution in [3.8, 4) is 0 Å². The van der Waals surface area contributed by atoms with Crippen LogP contribution in [-0.4, -0.2) is 31.6 Å². The predicted octanol–water partition coefficient (Wildman–Crippen LogP) is 0.286. The van der Waals surface area contributed by atoms with E-state index in [0.717, 1.165) is 6.54 Å². The second-order valence-electron chi connectivity index (χ2n) is 1.90. The molecule has 0 radical (unpaired) electrons. The van der Waals surface area contributed by atoms with E-state index in [4.69, 9.17) is 0 Å². The molecule has 0 aliphatic carbocycles. The van der Waals surface area contributed by atoms with Crippen LogP contribution < -0.4 is 5.32 Å². The largest absolute Gasteiger partial charge is 0.284 e. The van der Waals surface area contributed by atoms with E-state index in [1.165, 1.54) is 6.42 Å². The summed E-state index contributed by atoms with van der Waals surface area (Å²) < 4.78 is 2.12. The first kappa shape index (κ1) is 7.47. The van der Waals surface area contributed by atoms with Gasteiger partial charge in [0, 0.05) is 0 Å². The van der Waals surface area contributed by atoms with Gasteiger partial charge in [-0.1, -0.05) is 6.92 Å². The molecule has 0 aromatic carbocycles. The van der Waals surface area contributed by atoms with Crippen molar-refractivity contribution in [3.05, 3.63) is 0 Å². The molecule has 48 valence electrons. The minimum Gasteiger partial charge on any atom is -0.284 e. The zero-order chi connectivity index (χ0) is 6.41. The molecule has 0 aliphatic heterocycles. The van der Waals surface area contributed by atoms with Crippen LogP contribution in [0, 0.1) is 0 Å². The van der Waals surface area contributed by atoms with Crippen molar-refractivity contribution in [3.63, 3.8) is 0 Å². The normalized spacial score (nSPS) is 11.6. The Bertz CT molecular complexity index is 76.6. The molecular formula is C6H15N2+. The van der Waals surface area contributed by atoms with Gasteiger partial charge in [0.05, 0.1) is 20.6 Å². The summed E-state index contributed by atoms with van der Waals surface area (Å²) in [6.45, 7) is 3.29. The first-order valence-corrected chi connectivity index (χ1v) is 3.02. The van der Waals surface area contributed by atoms with Gasteiger partial charge in [0.15, 0.2) is 0 Å². The zero-order valence-corrected chi connectivity index (χ0v) is 5.94. The molecule has 0 amide bonds. The molecule has 0 aromatic heterocycles. The average Bonchev–Trinajstić information content (AvgIpc) is 1.68. The monoisotopic (exact) mass is 115 g/mol. The molecule has 0 aromatic rings. The Morgan fingerprint density at radius 1 is 1.62 bits per heavy atom. The third kappa shape index (κ3) is 3.65. The molecule has 0 atom stereocenters. The highest BCUT2D eigenvalue weighted by Gasteiger charge is 1.84. The van der Waals surface area contributed by atoms with E-state index in [9.17, 15) is 0 Å². The number of hydrogen-bond acceptors (Lipinski definition) is 0. The summed E-state index contributed by atoms with van der Waals surface area (Å²) >= 11 is 0. The molecular weight excluding hydrogens is 100 g/mol. The first-order valence-electron chi connectivity index (χ1n) is 3.02. The number of rotatable bonds is 3. The van der Waals surface area contributed by atoms with E-state index in [1.54, 1.807) is 0 Å². The van der Waals surface area contributed by atoms with Crippen molar-refractivity contribution < 1.29 is 4.58 Å². The van der Waals surface area contributed by atoms with Gasteiger partial charge in [-0.2, -0.15) is 0 Å². The Labute approximate surface area is 51.2 Å². The Morgan fingerprint density at radius 3 is 2.62 bits per heavy atom. The molecule has 2 nitrogen and oxygen atoms in total. The number of nitrogens with zero attached hydrogens (tertiary/aromatic N) is 1. The fraction of sp³-hybridized carbons (Fsp3) is 0.833. The van der Waals surface area contributed by atoms with Crippen molar-refractivity contribution in [2.75, 3.05) is 20.6 Å². The third-order valence-corrected chi connectivity index (χ3v) is 0.926. The fourth-order valence-electron chi connectivity index (χ4n) is 0.638. The van der Waals surface area contributed by atoms with Gasteiger partial charge in [-0.05, 0) is 6.42 Å².